The molecule has 0 aliphatic heterocycles. The maximum atomic E-state index is 12.8. The van der Waals surface area contributed by atoms with E-state index in [4.69, 9.17) is 4.74 Å². The number of ether oxygens (including phenoxy) is 1. The van der Waals surface area contributed by atoms with Gasteiger partial charge in [-0.1, -0.05) is 24.3 Å². The number of methoxy groups -OCH3 is 1. The number of aliphatic hydroxyl groups excluding tert-OH is 1. The van der Waals surface area contributed by atoms with E-state index in [1.54, 1.807) is 50.4 Å². The van der Waals surface area contributed by atoms with E-state index in [-0.39, 0.29) is 18.1 Å². The lowest BCUT2D eigenvalue weighted by Gasteiger charge is -2.21. The lowest BCUT2D eigenvalue weighted by Crippen LogP contribution is -2.37. The molecule has 2 aromatic rings. The number of halogens is 1. The van der Waals surface area contributed by atoms with Crippen LogP contribution in [-0.4, -0.2) is 24.2 Å². The molecule has 0 aliphatic rings. The highest BCUT2D eigenvalue weighted by Gasteiger charge is 2.18. The molecule has 0 saturated heterocycles. The molecule has 0 spiro atoms. The Morgan fingerprint density at radius 3 is 2.35 bits per heavy atom. The van der Waals surface area contributed by atoms with Gasteiger partial charge < -0.3 is 15.2 Å². The van der Waals surface area contributed by atoms with Crippen molar-refractivity contribution in [3.8, 4) is 5.75 Å². The first-order valence-electron chi connectivity index (χ1n) is 7.35. The van der Waals surface area contributed by atoms with Crippen LogP contribution in [0.3, 0.4) is 0 Å². The quantitative estimate of drug-likeness (QED) is 0.861. The summed E-state index contributed by atoms with van der Waals surface area (Å²) in [5.74, 6) is 0.142. The summed E-state index contributed by atoms with van der Waals surface area (Å²) in [4.78, 5) is 12.0. The molecular formula is C18H20FNO3. The zero-order chi connectivity index (χ0) is 16.8. The van der Waals surface area contributed by atoms with E-state index in [0.29, 0.717) is 11.3 Å². The fourth-order valence-electron chi connectivity index (χ4n) is 2.26. The predicted molar refractivity (Wildman–Crippen MR) is 85.7 cm³/mol. The minimum atomic E-state index is -0.821. The Hall–Kier alpha value is -2.40. The van der Waals surface area contributed by atoms with Crippen molar-refractivity contribution in [2.45, 2.75) is 25.5 Å². The second-order valence-corrected chi connectivity index (χ2v) is 5.38. The number of aliphatic hydroxyl groups is 1. The molecule has 2 unspecified atom stereocenters. The average Bonchev–Trinajstić information content (AvgIpc) is 2.56. The summed E-state index contributed by atoms with van der Waals surface area (Å²) in [6, 6.07) is 12.3. The Morgan fingerprint density at radius 2 is 1.78 bits per heavy atom. The van der Waals surface area contributed by atoms with Crippen molar-refractivity contribution in [1.29, 1.82) is 0 Å². The van der Waals surface area contributed by atoms with Crippen molar-refractivity contribution in [3.63, 3.8) is 0 Å². The van der Waals surface area contributed by atoms with Crippen molar-refractivity contribution in [2.24, 2.45) is 0 Å². The molecular weight excluding hydrogens is 297 g/mol. The van der Waals surface area contributed by atoms with Crippen molar-refractivity contribution in [3.05, 3.63) is 65.5 Å². The number of amides is 1. The highest BCUT2D eigenvalue weighted by molar-refractivity contribution is 5.78. The van der Waals surface area contributed by atoms with Gasteiger partial charge in [-0.25, -0.2) is 4.39 Å². The van der Waals surface area contributed by atoms with Crippen molar-refractivity contribution >= 4 is 5.91 Å². The lowest BCUT2D eigenvalue weighted by atomic mass is 10.0. The fraction of sp³-hybridized carbons (Fsp3) is 0.278. The molecule has 4 nitrogen and oxygen atoms in total. The highest BCUT2D eigenvalue weighted by Crippen LogP contribution is 2.20. The molecule has 5 heteroatoms. The van der Waals surface area contributed by atoms with Crippen LogP contribution >= 0.6 is 0 Å². The van der Waals surface area contributed by atoms with Gasteiger partial charge in [0.2, 0.25) is 5.91 Å². The zero-order valence-corrected chi connectivity index (χ0v) is 13.1. The molecule has 0 aromatic heterocycles. The molecule has 0 heterocycles. The Kier molecular flexibility index (Phi) is 5.71. The molecule has 2 atom stereocenters. The van der Waals surface area contributed by atoms with E-state index in [2.05, 4.69) is 5.32 Å². The van der Waals surface area contributed by atoms with Crippen LogP contribution in [0.15, 0.2) is 48.5 Å². The lowest BCUT2D eigenvalue weighted by molar-refractivity contribution is -0.121. The van der Waals surface area contributed by atoms with Gasteiger partial charge in [0.15, 0.2) is 0 Å². The van der Waals surface area contributed by atoms with E-state index in [9.17, 15) is 14.3 Å². The van der Waals surface area contributed by atoms with Gasteiger partial charge in [0.1, 0.15) is 11.6 Å². The van der Waals surface area contributed by atoms with E-state index >= 15 is 0 Å². The molecule has 2 N–H and O–H groups in total. The largest absolute Gasteiger partial charge is 0.497 e. The van der Waals surface area contributed by atoms with Gasteiger partial charge in [-0.3, -0.25) is 4.79 Å². The van der Waals surface area contributed by atoms with Crippen LogP contribution in [0, 0.1) is 5.82 Å². The number of hydrogen-bond acceptors (Lipinski definition) is 3. The second kappa shape index (κ2) is 7.74. The van der Waals surface area contributed by atoms with Crippen LogP contribution in [-0.2, 0) is 11.2 Å². The Labute approximate surface area is 134 Å². The summed E-state index contributed by atoms with van der Waals surface area (Å²) >= 11 is 0. The van der Waals surface area contributed by atoms with E-state index in [1.165, 1.54) is 12.1 Å². The first kappa shape index (κ1) is 17.0. The standard InChI is InChI=1S/C18H20FNO3/c1-12(18(22)14-5-9-16(23-2)10-6-14)20-17(21)11-13-3-7-15(19)8-4-13/h3-10,12,18,22H,11H2,1-2H3,(H,20,21). The van der Waals surface area contributed by atoms with Gasteiger partial charge >= 0.3 is 0 Å². The third-order valence-electron chi connectivity index (χ3n) is 3.60. The smallest absolute Gasteiger partial charge is 0.224 e. The SMILES string of the molecule is COc1ccc(C(O)C(C)NC(=O)Cc2ccc(F)cc2)cc1. The number of hydrogen-bond donors (Lipinski definition) is 2. The van der Waals surface area contributed by atoms with E-state index < -0.39 is 12.1 Å². The number of carbonyl (C=O) groups excluding carboxylic acids is 1. The van der Waals surface area contributed by atoms with Crippen molar-refractivity contribution < 1.29 is 19.0 Å². The molecule has 0 fully saturated rings. The van der Waals surface area contributed by atoms with Gasteiger partial charge in [-0.2, -0.15) is 0 Å². The first-order valence-corrected chi connectivity index (χ1v) is 7.35. The minimum absolute atomic E-state index is 0.139. The van der Waals surface area contributed by atoms with Gasteiger partial charge in [0, 0.05) is 0 Å². The zero-order valence-electron chi connectivity index (χ0n) is 13.1. The monoisotopic (exact) mass is 317 g/mol. The second-order valence-electron chi connectivity index (χ2n) is 5.38. The first-order chi connectivity index (χ1) is 11.0. The van der Waals surface area contributed by atoms with Gasteiger partial charge in [0.05, 0.1) is 25.7 Å². The molecule has 0 radical (unpaired) electrons. The molecule has 0 saturated carbocycles. The Morgan fingerprint density at radius 1 is 1.17 bits per heavy atom. The van der Waals surface area contributed by atoms with Gasteiger partial charge in [0.25, 0.3) is 0 Å². The summed E-state index contributed by atoms with van der Waals surface area (Å²) in [5.41, 5.74) is 1.41. The molecule has 122 valence electrons. The van der Waals surface area contributed by atoms with Gasteiger partial charge in [-0.05, 0) is 42.3 Å². The van der Waals surface area contributed by atoms with Crippen molar-refractivity contribution in [1.82, 2.24) is 5.32 Å². The molecule has 23 heavy (non-hydrogen) atoms. The fourth-order valence-corrected chi connectivity index (χ4v) is 2.26. The maximum absolute atomic E-state index is 12.8. The molecule has 2 rings (SSSR count). The molecule has 0 aliphatic carbocycles. The highest BCUT2D eigenvalue weighted by atomic mass is 19.1. The predicted octanol–water partition coefficient (Wildman–Crippen LogP) is 2.62. The Balaban J connectivity index is 1.92. The minimum Gasteiger partial charge on any atom is -0.497 e. The number of carbonyl (C=O) groups is 1. The normalized spacial score (nSPS) is 13.2. The third-order valence-corrected chi connectivity index (χ3v) is 3.60. The summed E-state index contributed by atoms with van der Waals surface area (Å²) in [6.07, 6.45) is -0.682. The molecule has 2 aromatic carbocycles. The summed E-state index contributed by atoms with van der Waals surface area (Å²) in [5, 5.41) is 13.1. The average molecular weight is 317 g/mol. The van der Waals surface area contributed by atoms with Crippen LogP contribution in [0.4, 0.5) is 4.39 Å². The third kappa shape index (κ3) is 4.79. The van der Waals surface area contributed by atoms with E-state index in [1.807, 2.05) is 0 Å². The van der Waals surface area contributed by atoms with E-state index in [0.717, 1.165) is 5.56 Å². The van der Waals surface area contributed by atoms with Crippen LogP contribution < -0.4 is 10.1 Å². The topological polar surface area (TPSA) is 58.6 Å². The van der Waals surface area contributed by atoms with Crippen LogP contribution in [0.25, 0.3) is 0 Å². The Bertz CT molecular complexity index is 640. The van der Waals surface area contributed by atoms with Crippen LogP contribution in [0.2, 0.25) is 0 Å². The van der Waals surface area contributed by atoms with Crippen molar-refractivity contribution in [2.75, 3.05) is 7.11 Å². The number of rotatable bonds is 6. The number of benzene rings is 2. The summed E-state index contributed by atoms with van der Waals surface area (Å²) < 4.78 is 17.9. The van der Waals surface area contributed by atoms with Crippen LogP contribution in [0.5, 0.6) is 5.75 Å². The number of nitrogens with one attached hydrogen (secondary N) is 1. The molecule has 0 bridgehead atoms. The molecule has 1 amide bonds. The summed E-state index contributed by atoms with van der Waals surface area (Å²) in [7, 11) is 1.57. The maximum Gasteiger partial charge on any atom is 0.224 e. The van der Waals surface area contributed by atoms with Gasteiger partial charge in [-0.15, -0.1) is 0 Å². The summed E-state index contributed by atoms with van der Waals surface area (Å²) in [6.45, 7) is 1.73. The van der Waals surface area contributed by atoms with Crippen LogP contribution in [0.1, 0.15) is 24.2 Å².